The number of halogens is 1. The number of hydrogen-bond acceptors (Lipinski definition) is 2. The zero-order chi connectivity index (χ0) is 9.90. The Morgan fingerprint density at radius 1 is 1.54 bits per heavy atom. The molecule has 0 spiro atoms. The van der Waals surface area contributed by atoms with Crippen LogP contribution in [0.2, 0.25) is 0 Å². The normalized spacial score (nSPS) is 12.4. The van der Waals surface area contributed by atoms with E-state index in [2.05, 4.69) is 43.3 Å². The maximum Gasteiger partial charge on any atom is 0.0402 e. The summed E-state index contributed by atoms with van der Waals surface area (Å²) in [6.07, 6.45) is 0. The van der Waals surface area contributed by atoms with E-state index in [-0.39, 0.29) is 5.54 Å². The van der Waals surface area contributed by atoms with E-state index in [4.69, 9.17) is 11.6 Å². The van der Waals surface area contributed by atoms with Crippen molar-refractivity contribution in [1.82, 2.24) is 4.90 Å². The molecule has 1 heterocycles. The fourth-order valence-electron chi connectivity index (χ4n) is 0.952. The second-order valence-corrected chi connectivity index (χ2v) is 5.18. The Hall–Kier alpha value is -0.0500. The van der Waals surface area contributed by atoms with Crippen LogP contribution in [0.15, 0.2) is 17.5 Å². The van der Waals surface area contributed by atoms with Crippen LogP contribution in [0.25, 0.3) is 0 Å². The summed E-state index contributed by atoms with van der Waals surface area (Å²) in [7, 11) is 2.11. The fraction of sp³-hybridized carbons (Fsp3) is 0.600. The van der Waals surface area contributed by atoms with Crippen LogP contribution in [0.4, 0.5) is 0 Å². The third-order valence-electron chi connectivity index (χ3n) is 2.33. The Kier molecular flexibility index (Phi) is 3.77. The van der Waals surface area contributed by atoms with Crippen LogP contribution in [-0.4, -0.2) is 23.4 Å². The van der Waals surface area contributed by atoms with Crippen molar-refractivity contribution in [3.05, 3.63) is 22.4 Å². The van der Waals surface area contributed by atoms with Gasteiger partial charge in [0.05, 0.1) is 0 Å². The average Bonchev–Trinajstić information content (AvgIpc) is 2.57. The lowest BCUT2D eigenvalue weighted by molar-refractivity contribution is 0.172. The lowest BCUT2D eigenvalue weighted by atomic mass is 10.1. The minimum absolute atomic E-state index is 0.0749. The van der Waals surface area contributed by atoms with Gasteiger partial charge in [0.25, 0.3) is 0 Å². The summed E-state index contributed by atoms with van der Waals surface area (Å²) in [6.45, 7) is 5.30. The van der Waals surface area contributed by atoms with E-state index in [9.17, 15) is 0 Å². The maximum atomic E-state index is 5.89. The number of rotatable bonds is 4. The van der Waals surface area contributed by atoms with Gasteiger partial charge in [-0.1, -0.05) is 6.07 Å². The van der Waals surface area contributed by atoms with Gasteiger partial charge in [-0.15, -0.1) is 22.9 Å². The molecule has 13 heavy (non-hydrogen) atoms. The molecule has 0 bridgehead atoms. The van der Waals surface area contributed by atoms with Crippen LogP contribution < -0.4 is 0 Å². The van der Waals surface area contributed by atoms with E-state index in [1.165, 1.54) is 4.88 Å². The molecular formula is C10H16ClNS. The zero-order valence-corrected chi connectivity index (χ0v) is 9.95. The molecule has 0 aliphatic carbocycles. The van der Waals surface area contributed by atoms with E-state index in [0.29, 0.717) is 5.88 Å². The molecule has 1 rings (SSSR count). The highest BCUT2D eigenvalue weighted by Gasteiger charge is 2.22. The van der Waals surface area contributed by atoms with Crippen molar-refractivity contribution in [2.45, 2.75) is 25.9 Å². The van der Waals surface area contributed by atoms with Crippen molar-refractivity contribution in [2.75, 3.05) is 12.9 Å². The lowest BCUT2D eigenvalue weighted by Crippen LogP contribution is -2.41. The van der Waals surface area contributed by atoms with Crippen molar-refractivity contribution < 1.29 is 0 Å². The lowest BCUT2D eigenvalue weighted by Gasteiger charge is -2.33. The van der Waals surface area contributed by atoms with E-state index in [1.54, 1.807) is 11.3 Å². The zero-order valence-electron chi connectivity index (χ0n) is 8.38. The maximum absolute atomic E-state index is 5.89. The van der Waals surface area contributed by atoms with Crippen LogP contribution in [0.5, 0.6) is 0 Å². The van der Waals surface area contributed by atoms with Gasteiger partial charge in [0, 0.05) is 22.8 Å². The SMILES string of the molecule is CN(Cc1cccs1)C(C)(C)CCl. The monoisotopic (exact) mass is 217 g/mol. The molecule has 0 unspecified atom stereocenters. The van der Waals surface area contributed by atoms with Crippen molar-refractivity contribution in [1.29, 1.82) is 0 Å². The Morgan fingerprint density at radius 3 is 2.69 bits per heavy atom. The third kappa shape index (κ3) is 2.97. The second kappa shape index (κ2) is 4.45. The Labute approximate surface area is 89.3 Å². The molecule has 0 saturated carbocycles. The highest BCUT2D eigenvalue weighted by atomic mass is 35.5. The van der Waals surface area contributed by atoms with E-state index in [1.807, 2.05) is 0 Å². The first-order chi connectivity index (χ1) is 6.06. The summed E-state index contributed by atoms with van der Waals surface area (Å²) < 4.78 is 0. The predicted molar refractivity (Wildman–Crippen MR) is 60.6 cm³/mol. The molecule has 1 nitrogen and oxygen atoms in total. The molecule has 0 aliphatic heterocycles. The summed E-state index contributed by atoms with van der Waals surface area (Å²) in [5.74, 6) is 0.662. The van der Waals surface area contributed by atoms with Crippen molar-refractivity contribution >= 4 is 22.9 Å². The molecule has 0 aliphatic rings. The van der Waals surface area contributed by atoms with Gasteiger partial charge in [0.15, 0.2) is 0 Å². The van der Waals surface area contributed by atoms with Crippen LogP contribution in [0.1, 0.15) is 18.7 Å². The number of nitrogens with zero attached hydrogens (tertiary/aromatic N) is 1. The van der Waals surface area contributed by atoms with Gasteiger partial charge in [-0.05, 0) is 32.3 Å². The first kappa shape index (κ1) is 11.0. The molecule has 1 aromatic rings. The van der Waals surface area contributed by atoms with Gasteiger partial charge in [0.2, 0.25) is 0 Å². The number of hydrogen-bond donors (Lipinski definition) is 0. The highest BCUT2D eigenvalue weighted by Crippen LogP contribution is 2.19. The molecule has 0 atom stereocenters. The van der Waals surface area contributed by atoms with Crippen LogP contribution in [0.3, 0.4) is 0 Å². The third-order valence-corrected chi connectivity index (χ3v) is 3.85. The fourth-order valence-corrected chi connectivity index (χ4v) is 1.91. The molecule has 0 fully saturated rings. The molecule has 0 aromatic carbocycles. The summed E-state index contributed by atoms with van der Waals surface area (Å²) in [5, 5.41) is 2.11. The summed E-state index contributed by atoms with van der Waals surface area (Å²) in [4.78, 5) is 3.67. The summed E-state index contributed by atoms with van der Waals surface area (Å²) in [6, 6.07) is 4.24. The molecule has 0 N–H and O–H groups in total. The first-order valence-corrected chi connectivity index (χ1v) is 5.77. The molecule has 74 valence electrons. The Morgan fingerprint density at radius 2 is 2.23 bits per heavy atom. The topological polar surface area (TPSA) is 3.24 Å². The largest absolute Gasteiger partial charge is 0.295 e. The number of thiophene rings is 1. The van der Waals surface area contributed by atoms with Gasteiger partial charge in [0.1, 0.15) is 0 Å². The number of alkyl halides is 1. The van der Waals surface area contributed by atoms with Gasteiger partial charge >= 0.3 is 0 Å². The van der Waals surface area contributed by atoms with E-state index in [0.717, 1.165) is 6.54 Å². The molecular weight excluding hydrogens is 202 g/mol. The molecule has 3 heteroatoms. The van der Waals surface area contributed by atoms with E-state index >= 15 is 0 Å². The standard InChI is InChI=1S/C10H16ClNS/c1-10(2,8-11)12(3)7-9-5-4-6-13-9/h4-6H,7-8H2,1-3H3. The Bertz CT molecular complexity index is 243. The highest BCUT2D eigenvalue weighted by molar-refractivity contribution is 7.09. The quantitative estimate of drug-likeness (QED) is 0.701. The minimum atomic E-state index is 0.0749. The van der Waals surface area contributed by atoms with Crippen molar-refractivity contribution in [2.24, 2.45) is 0 Å². The second-order valence-electron chi connectivity index (χ2n) is 3.88. The van der Waals surface area contributed by atoms with Crippen LogP contribution >= 0.6 is 22.9 Å². The molecule has 0 saturated heterocycles. The van der Waals surface area contributed by atoms with E-state index < -0.39 is 0 Å². The van der Waals surface area contributed by atoms with Gasteiger partial charge < -0.3 is 0 Å². The van der Waals surface area contributed by atoms with Crippen molar-refractivity contribution in [3.63, 3.8) is 0 Å². The predicted octanol–water partition coefficient (Wildman–Crippen LogP) is 3.20. The molecule has 0 amide bonds. The first-order valence-electron chi connectivity index (χ1n) is 4.36. The smallest absolute Gasteiger partial charge is 0.0402 e. The minimum Gasteiger partial charge on any atom is -0.295 e. The Balaban J connectivity index is 2.55. The van der Waals surface area contributed by atoms with Crippen LogP contribution in [-0.2, 0) is 6.54 Å². The van der Waals surface area contributed by atoms with Crippen LogP contribution in [0, 0.1) is 0 Å². The summed E-state index contributed by atoms with van der Waals surface area (Å²) >= 11 is 7.68. The van der Waals surface area contributed by atoms with Crippen molar-refractivity contribution in [3.8, 4) is 0 Å². The molecule has 1 aromatic heterocycles. The van der Waals surface area contributed by atoms with Gasteiger partial charge in [-0.2, -0.15) is 0 Å². The van der Waals surface area contributed by atoms with Gasteiger partial charge in [-0.25, -0.2) is 0 Å². The summed E-state index contributed by atoms with van der Waals surface area (Å²) in [5.41, 5.74) is 0.0749. The average molecular weight is 218 g/mol. The molecule has 0 radical (unpaired) electrons. The van der Waals surface area contributed by atoms with Gasteiger partial charge in [-0.3, -0.25) is 4.90 Å².